The molecule has 0 aliphatic heterocycles. The molecule has 0 radical (unpaired) electrons. The first-order valence-electron chi connectivity index (χ1n) is 6.85. The highest BCUT2D eigenvalue weighted by Gasteiger charge is 2.35. The second-order valence-corrected chi connectivity index (χ2v) is 7.33. The van der Waals surface area contributed by atoms with Crippen LogP contribution in [0, 0.1) is 19.3 Å². The Morgan fingerprint density at radius 3 is 2.33 bits per heavy atom. The van der Waals surface area contributed by atoms with E-state index in [1.54, 1.807) is 0 Å². The molecule has 1 atom stereocenters. The SMILES string of the molecule is Cc1cc(C(Cl)C2(C)CCCCC2)c(C)cc1Br. The van der Waals surface area contributed by atoms with Crippen LogP contribution in [0.5, 0.6) is 0 Å². The van der Waals surface area contributed by atoms with Crippen LogP contribution in [-0.4, -0.2) is 0 Å². The summed E-state index contributed by atoms with van der Waals surface area (Å²) in [7, 11) is 0. The molecule has 0 spiro atoms. The summed E-state index contributed by atoms with van der Waals surface area (Å²) < 4.78 is 1.18. The molecule has 0 bridgehead atoms. The molecule has 2 rings (SSSR count). The van der Waals surface area contributed by atoms with Crippen molar-refractivity contribution >= 4 is 27.5 Å². The minimum atomic E-state index is 0.143. The zero-order valence-corrected chi connectivity index (χ0v) is 13.9. The van der Waals surface area contributed by atoms with Crippen molar-refractivity contribution in [2.45, 2.75) is 58.3 Å². The fourth-order valence-corrected chi connectivity index (χ4v) is 3.98. The fraction of sp³-hybridized carbons (Fsp3) is 0.625. The molecule has 0 aromatic heterocycles. The summed E-state index contributed by atoms with van der Waals surface area (Å²) in [5.41, 5.74) is 4.17. The van der Waals surface area contributed by atoms with E-state index in [0.717, 1.165) is 0 Å². The van der Waals surface area contributed by atoms with Crippen LogP contribution in [0.25, 0.3) is 0 Å². The summed E-state index contributed by atoms with van der Waals surface area (Å²) in [5, 5.41) is 0.143. The van der Waals surface area contributed by atoms with Crippen molar-refractivity contribution in [3.63, 3.8) is 0 Å². The Hall–Kier alpha value is -0.0100. The first-order chi connectivity index (χ1) is 8.44. The van der Waals surface area contributed by atoms with Gasteiger partial charge in [0, 0.05) is 4.47 Å². The molecule has 1 unspecified atom stereocenters. The highest BCUT2D eigenvalue weighted by atomic mass is 79.9. The molecule has 1 aliphatic carbocycles. The number of halogens is 2. The summed E-state index contributed by atoms with van der Waals surface area (Å²) >= 11 is 10.4. The van der Waals surface area contributed by atoms with Gasteiger partial charge in [-0.2, -0.15) is 0 Å². The van der Waals surface area contributed by atoms with Crippen molar-refractivity contribution in [2.75, 3.05) is 0 Å². The number of hydrogen-bond acceptors (Lipinski definition) is 0. The number of alkyl halides is 1. The minimum absolute atomic E-state index is 0.143. The van der Waals surface area contributed by atoms with E-state index in [9.17, 15) is 0 Å². The summed E-state index contributed by atoms with van der Waals surface area (Å²) in [5.74, 6) is 0. The van der Waals surface area contributed by atoms with E-state index in [4.69, 9.17) is 11.6 Å². The summed E-state index contributed by atoms with van der Waals surface area (Å²) in [6.45, 7) is 6.67. The molecule has 1 saturated carbocycles. The summed E-state index contributed by atoms with van der Waals surface area (Å²) in [6, 6.07) is 4.46. The van der Waals surface area contributed by atoms with Crippen LogP contribution >= 0.6 is 27.5 Å². The molecule has 0 heterocycles. The molecule has 18 heavy (non-hydrogen) atoms. The van der Waals surface area contributed by atoms with Gasteiger partial charge in [-0.05, 0) is 54.9 Å². The Kier molecular flexibility index (Phi) is 4.44. The second kappa shape index (κ2) is 5.54. The third kappa shape index (κ3) is 2.77. The minimum Gasteiger partial charge on any atom is -0.117 e. The molecule has 1 aromatic carbocycles. The molecule has 0 N–H and O–H groups in total. The van der Waals surface area contributed by atoms with Gasteiger partial charge in [-0.1, -0.05) is 48.2 Å². The molecular formula is C16H22BrCl. The van der Waals surface area contributed by atoms with E-state index in [2.05, 4.69) is 48.8 Å². The maximum absolute atomic E-state index is 6.84. The highest BCUT2D eigenvalue weighted by molar-refractivity contribution is 9.10. The van der Waals surface area contributed by atoms with Gasteiger partial charge in [-0.3, -0.25) is 0 Å². The molecule has 0 saturated heterocycles. The predicted molar refractivity (Wildman–Crippen MR) is 83.4 cm³/mol. The van der Waals surface area contributed by atoms with Crippen LogP contribution in [0.15, 0.2) is 16.6 Å². The molecule has 1 aromatic rings. The predicted octanol–water partition coefficient (Wildman–Crippen LogP) is 6.32. The maximum atomic E-state index is 6.84. The normalized spacial score (nSPS) is 20.7. The van der Waals surface area contributed by atoms with Crippen LogP contribution in [0.1, 0.15) is 61.1 Å². The lowest BCUT2D eigenvalue weighted by Gasteiger charge is -2.38. The van der Waals surface area contributed by atoms with Crippen LogP contribution in [0.4, 0.5) is 0 Å². The maximum Gasteiger partial charge on any atom is 0.0641 e. The van der Waals surface area contributed by atoms with E-state index in [0.29, 0.717) is 0 Å². The van der Waals surface area contributed by atoms with Crippen molar-refractivity contribution < 1.29 is 0 Å². The van der Waals surface area contributed by atoms with Crippen molar-refractivity contribution in [1.29, 1.82) is 0 Å². The van der Waals surface area contributed by atoms with Crippen LogP contribution in [0.3, 0.4) is 0 Å². The second-order valence-electron chi connectivity index (χ2n) is 6.04. The van der Waals surface area contributed by atoms with Gasteiger partial charge in [0.15, 0.2) is 0 Å². The van der Waals surface area contributed by atoms with Crippen LogP contribution in [0.2, 0.25) is 0 Å². The lowest BCUT2D eigenvalue weighted by molar-refractivity contribution is 0.206. The summed E-state index contributed by atoms with van der Waals surface area (Å²) in [6.07, 6.45) is 6.55. The van der Waals surface area contributed by atoms with Gasteiger partial charge in [0.25, 0.3) is 0 Å². The van der Waals surface area contributed by atoms with Gasteiger partial charge in [-0.25, -0.2) is 0 Å². The Labute approximate surface area is 124 Å². The van der Waals surface area contributed by atoms with Gasteiger partial charge in [0.1, 0.15) is 0 Å². The molecule has 1 aliphatic rings. The number of rotatable bonds is 2. The lowest BCUT2D eigenvalue weighted by Crippen LogP contribution is -2.25. The molecule has 0 nitrogen and oxygen atoms in total. The lowest BCUT2D eigenvalue weighted by atomic mass is 9.71. The van der Waals surface area contributed by atoms with E-state index in [-0.39, 0.29) is 10.8 Å². The first kappa shape index (κ1) is 14.4. The van der Waals surface area contributed by atoms with Crippen LogP contribution in [-0.2, 0) is 0 Å². The zero-order valence-electron chi connectivity index (χ0n) is 11.5. The number of benzene rings is 1. The first-order valence-corrected chi connectivity index (χ1v) is 8.08. The Morgan fingerprint density at radius 1 is 1.11 bits per heavy atom. The van der Waals surface area contributed by atoms with Crippen molar-refractivity contribution in [3.05, 3.63) is 33.3 Å². The Balaban J connectivity index is 2.33. The van der Waals surface area contributed by atoms with E-state index >= 15 is 0 Å². The van der Waals surface area contributed by atoms with E-state index < -0.39 is 0 Å². The van der Waals surface area contributed by atoms with Gasteiger partial charge in [0.05, 0.1) is 5.38 Å². The summed E-state index contributed by atoms with van der Waals surface area (Å²) in [4.78, 5) is 0. The topological polar surface area (TPSA) is 0 Å². The zero-order chi connectivity index (χ0) is 13.3. The monoisotopic (exact) mass is 328 g/mol. The molecule has 2 heteroatoms. The largest absolute Gasteiger partial charge is 0.117 e. The smallest absolute Gasteiger partial charge is 0.0641 e. The van der Waals surface area contributed by atoms with Gasteiger partial charge in [0.2, 0.25) is 0 Å². The quantitative estimate of drug-likeness (QED) is 0.557. The Bertz CT molecular complexity index is 433. The van der Waals surface area contributed by atoms with Crippen LogP contribution < -0.4 is 0 Å². The van der Waals surface area contributed by atoms with E-state index in [1.165, 1.54) is 53.3 Å². The fourth-order valence-electron chi connectivity index (χ4n) is 3.06. The molecule has 1 fully saturated rings. The van der Waals surface area contributed by atoms with Crippen molar-refractivity contribution in [3.8, 4) is 0 Å². The molecular weight excluding hydrogens is 308 g/mol. The number of hydrogen-bond donors (Lipinski definition) is 0. The third-order valence-corrected chi connectivity index (χ3v) is 6.04. The van der Waals surface area contributed by atoms with Gasteiger partial charge < -0.3 is 0 Å². The van der Waals surface area contributed by atoms with Gasteiger partial charge >= 0.3 is 0 Å². The highest BCUT2D eigenvalue weighted by Crippen LogP contribution is 2.50. The van der Waals surface area contributed by atoms with Gasteiger partial charge in [-0.15, -0.1) is 11.6 Å². The van der Waals surface area contributed by atoms with Crippen molar-refractivity contribution in [1.82, 2.24) is 0 Å². The average molecular weight is 330 g/mol. The third-order valence-electron chi connectivity index (χ3n) is 4.43. The van der Waals surface area contributed by atoms with E-state index in [1.807, 2.05) is 0 Å². The standard InChI is InChI=1S/C16H22BrCl/c1-11-10-14(17)12(2)9-13(11)15(18)16(3)7-5-4-6-8-16/h9-10,15H,4-8H2,1-3H3. The Morgan fingerprint density at radius 2 is 1.72 bits per heavy atom. The molecule has 100 valence electrons. The van der Waals surface area contributed by atoms with Crippen molar-refractivity contribution in [2.24, 2.45) is 5.41 Å². The number of aryl methyl sites for hydroxylation is 2. The average Bonchev–Trinajstić information content (AvgIpc) is 2.34. The molecule has 0 amide bonds.